The number of aryl methyl sites for hydroxylation is 1. The number of carbonyl (C=O) groups is 1. The number of unbranched alkanes of at least 4 members (excludes halogenated alkanes) is 2. The van der Waals surface area contributed by atoms with Crippen molar-refractivity contribution in [2.75, 3.05) is 0 Å². The first kappa shape index (κ1) is 20.4. The quantitative estimate of drug-likeness (QED) is 0.273. The Morgan fingerprint density at radius 2 is 1.50 bits per heavy atom. The molecule has 0 saturated heterocycles. The SMILES string of the molecule is CCCC/C=C(/C(=O)CCc1ccccc1)[Si](C)(C)Cc1ccccc1. The molecule has 0 saturated carbocycles. The third-order valence-electron chi connectivity index (χ3n) is 4.91. The van der Waals surface area contributed by atoms with E-state index in [-0.39, 0.29) is 0 Å². The molecule has 0 heterocycles. The second kappa shape index (κ2) is 10.3. The van der Waals surface area contributed by atoms with Crippen molar-refractivity contribution in [1.29, 1.82) is 0 Å². The maximum absolute atomic E-state index is 13.1. The van der Waals surface area contributed by atoms with E-state index in [0.29, 0.717) is 12.2 Å². The van der Waals surface area contributed by atoms with Crippen LogP contribution >= 0.6 is 0 Å². The number of Topliss-reactive ketones (excluding diaryl/α,β-unsaturated/α-hetero) is 1. The van der Waals surface area contributed by atoms with Crippen LogP contribution < -0.4 is 0 Å². The Bertz CT molecular complexity index is 702. The average molecular weight is 365 g/mol. The van der Waals surface area contributed by atoms with E-state index in [1.165, 1.54) is 17.5 Å². The number of ketones is 1. The van der Waals surface area contributed by atoms with Crippen LogP contribution in [0, 0.1) is 0 Å². The summed E-state index contributed by atoms with van der Waals surface area (Å²) in [6.45, 7) is 6.90. The summed E-state index contributed by atoms with van der Waals surface area (Å²) in [6.07, 6.45) is 7.07. The van der Waals surface area contributed by atoms with Crippen molar-refractivity contribution in [3.63, 3.8) is 0 Å². The highest BCUT2D eigenvalue weighted by molar-refractivity contribution is 6.87. The Balaban J connectivity index is 2.13. The smallest absolute Gasteiger partial charge is 0.154 e. The van der Waals surface area contributed by atoms with Crippen molar-refractivity contribution in [3.05, 3.63) is 83.1 Å². The van der Waals surface area contributed by atoms with Crippen molar-refractivity contribution >= 4 is 13.9 Å². The summed E-state index contributed by atoms with van der Waals surface area (Å²) in [7, 11) is -1.81. The third-order valence-corrected chi connectivity index (χ3v) is 8.14. The molecular formula is C24H32OSi. The molecule has 1 nitrogen and oxygen atoms in total. The van der Waals surface area contributed by atoms with Crippen LogP contribution in [0.4, 0.5) is 0 Å². The van der Waals surface area contributed by atoms with E-state index in [9.17, 15) is 4.79 Å². The van der Waals surface area contributed by atoms with E-state index in [0.717, 1.165) is 30.5 Å². The highest BCUT2D eigenvalue weighted by atomic mass is 28.3. The summed E-state index contributed by atoms with van der Waals surface area (Å²) in [5.41, 5.74) is 2.60. The Morgan fingerprint density at radius 3 is 2.08 bits per heavy atom. The first-order valence-electron chi connectivity index (χ1n) is 9.84. The normalized spacial score (nSPS) is 12.2. The second-order valence-electron chi connectivity index (χ2n) is 7.72. The first-order chi connectivity index (χ1) is 12.5. The van der Waals surface area contributed by atoms with Crippen LogP contribution in [-0.4, -0.2) is 13.9 Å². The molecule has 2 rings (SSSR count). The van der Waals surface area contributed by atoms with Gasteiger partial charge in [0.25, 0.3) is 0 Å². The molecule has 26 heavy (non-hydrogen) atoms. The lowest BCUT2D eigenvalue weighted by atomic mass is 10.1. The summed E-state index contributed by atoms with van der Waals surface area (Å²) in [6, 6.07) is 22.0. The van der Waals surface area contributed by atoms with E-state index in [1.54, 1.807) is 0 Å². The molecule has 0 bridgehead atoms. The molecule has 0 amide bonds. The molecule has 0 N–H and O–H groups in total. The van der Waals surface area contributed by atoms with E-state index >= 15 is 0 Å². The zero-order valence-electron chi connectivity index (χ0n) is 16.5. The lowest BCUT2D eigenvalue weighted by Gasteiger charge is -2.26. The van der Waals surface area contributed by atoms with Crippen molar-refractivity contribution in [2.24, 2.45) is 0 Å². The van der Waals surface area contributed by atoms with Crippen LogP contribution in [0.1, 0.15) is 43.7 Å². The predicted octanol–water partition coefficient (Wildman–Crippen LogP) is 6.33. The third kappa shape index (κ3) is 6.42. The second-order valence-corrected chi connectivity index (χ2v) is 12.4. The summed E-state index contributed by atoms with van der Waals surface area (Å²) < 4.78 is 0. The van der Waals surface area contributed by atoms with Gasteiger partial charge < -0.3 is 0 Å². The molecule has 0 aromatic heterocycles. The van der Waals surface area contributed by atoms with Gasteiger partial charge >= 0.3 is 0 Å². The van der Waals surface area contributed by atoms with Crippen LogP contribution in [0.5, 0.6) is 0 Å². The molecule has 0 aliphatic carbocycles. The van der Waals surface area contributed by atoms with E-state index in [2.05, 4.69) is 68.6 Å². The van der Waals surface area contributed by atoms with Gasteiger partial charge in [-0.2, -0.15) is 0 Å². The zero-order chi connectivity index (χ0) is 18.8. The van der Waals surface area contributed by atoms with Gasteiger partial charge in [0.1, 0.15) is 0 Å². The minimum Gasteiger partial charge on any atom is -0.295 e. The Labute approximate surface area is 160 Å². The molecular weight excluding hydrogens is 332 g/mol. The van der Waals surface area contributed by atoms with Crippen LogP contribution in [-0.2, 0) is 17.3 Å². The van der Waals surface area contributed by atoms with Gasteiger partial charge in [-0.25, -0.2) is 0 Å². The average Bonchev–Trinajstić information content (AvgIpc) is 2.64. The molecule has 0 fully saturated rings. The maximum atomic E-state index is 13.1. The molecule has 2 aromatic carbocycles. The number of rotatable bonds is 10. The van der Waals surface area contributed by atoms with Gasteiger partial charge in [0.15, 0.2) is 5.78 Å². The zero-order valence-corrected chi connectivity index (χ0v) is 17.5. The lowest BCUT2D eigenvalue weighted by Crippen LogP contribution is -2.37. The van der Waals surface area contributed by atoms with Crippen molar-refractivity contribution in [3.8, 4) is 0 Å². The van der Waals surface area contributed by atoms with Crippen LogP contribution in [0.2, 0.25) is 13.1 Å². The molecule has 0 aliphatic rings. The van der Waals surface area contributed by atoms with Gasteiger partial charge in [-0.1, -0.05) is 105 Å². The van der Waals surface area contributed by atoms with Crippen molar-refractivity contribution in [1.82, 2.24) is 0 Å². The fourth-order valence-electron chi connectivity index (χ4n) is 3.46. The fourth-order valence-corrected chi connectivity index (χ4v) is 6.48. The summed E-state index contributed by atoms with van der Waals surface area (Å²) in [5, 5.41) is 1.14. The Morgan fingerprint density at radius 1 is 0.923 bits per heavy atom. The van der Waals surface area contributed by atoms with Crippen LogP contribution in [0.15, 0.2) is 71.9 Å². The largest absolute Gasteiger partial charge is 0.295 e. The van der Waals surface area contributed by atoms with Crippen LogP contribution in [0.25, 0.3) is 0 Å². The van der Waals surface area contributed by atoms with Gasteiger partial charge in [-0.15, -0.1) is 0 Å². The summed E-state index contributed by atoms with van der Waals surface area (Å²) >= 11 is 0. The molecule has 0 atom stereocenters. The molecule has 0 aliphatic heterocycles. The van der Waals surface area contributed by atoms with Crippen LogP contribution in [0.3, 0.4) is 0 Å². The molecule has 2 heteroatoms. The number of hydrogen-bond donors (Lipinski definition) is 0. The number of carbonyl (C=O) groups excluding carboxylic acids is 1. The van der Waals surface area contributed by atoms with Gasteiger partial charge in [0.05, 0.1) is 8.07 Å². The lowest BCUT2D eigenvalue weighted by molar-refractivity contribution is -0.115. The fraction of sp³-hybridized carbons (Fsp3) is 0.375. The monoisotopic (exact) mass is 364 g/mol. The topological polar surface area (TPSA) is 17.1 Å². The van der Waals surface area contributed by atoms with Gasteiger partial charge in [0.2, 0.25) is 0 Å². The molecule has 0 radical (unpaired) electrons. The Hall–Kier alpha value is -1.93. The summed E-state index contributed by atoms with van der Waals surface area (Å²) in [4.78, 5) is 13.1. The molecule has 2 aromatic rings. The van der Waals surface area contributed by atoms with E-state index in [1.807, 2.05) is 18.2 Å². The first-order valence-corrected chi connectivity index (χ1v) is 13.1. The molecule has 0 spiro atoms. The highest BCUT2D eigenvalue weighted by Crippen LogP contribution is 2.24. The number of benzene rings is 2. The number of allylic oxidation sites excluding steroid dienone is 2. The van der Waals surface area contributed by atoms with Crippen molar-refractivity contribution < 1.29 is 4.79 Å². The summed E-state index contributed by atoms with van der Waals surface area (Å²) in [5.74, 6) is 0.359. The maximum Gasteiger partial charge on any atom is 0.154 e. The minimum absolute atomic E-state index is 0.359. The van der Waals surface area contributed by atoms with Gasteiger partial charge in [0, 0.05) is 6.42 Å². The number of hydrogen-bond acceptors (Lipinski definition) is 1. The predicted molar refractivity (Wildman–Crippen MR) is 115 cm³/mol. The minimum atomic E-state index is -1.81. The highest BCUT2D eigenvalue weighted by Gasteiger charge is 2.30. The molecule has 0 unspecified atom stereocenters. The van der Waals surface area contributed by atoms with Crippen molar-refractivity contribution in [2.45, 2.75) is 58.2 Å². The molecule has 138 valence electrons. The Kier molecular flexibility index (Phi) is 8.05. The van der Waals surface area contributed by atoms with E-state index in [4.69, 9.17) is 0 Å². The van der Waals surface area contributed by atoms with Gasteiger partial charge in [-0.3, -0.25) is 4.79 Å². The van der Waals surface area contributed by atoms with Gasteiger partial charge in [-0.05, 0) is 29.6 Å². The standard InChI is InChI=1S/C24H32OSi/c1-4-5-8-17-24(23(25)19-18-21-13-9-6-10-14-21)26(2,3)20-22-15-11-7-12-16-22/h6-7,9-17H,4-5,8,18-20H2,1-3H3/b24-17-. The van der Waals surface area contributed by atoms with E-state index < -0.39 is 8.07 Å².